The Kier molecular flexibility index (Phi) is 5.63. The number of aliphatic hydroxyl groups is 1. The van der Waals surface area contributed by atoms with Gasteiger partial charge in [0.25, 0.3) is 0 Å². The maximum Gasteiger partial charge on any atom is 0.0639 e. The van der Waals surface area contributed by atoms with Crippen molar-refractivity contribution in [3.05, 3.63) is 22.4 Å². The minimum atomic E-state index is -0.196. The monoisotopic (exact) mass is 268 g/mol. The molecular weight excluding hydrogens is 244 g/mol. The Labute approximate surface area is 114 Å². The van der Waals surface area contributed by atoms with E-state index in [-0.39, 0.29) is 6.10 Å². The van der Waals surface area contributed by atoms with E-state index in [0.29, 0.717) is 0 Å². The maximum atomic E-state index is 9.36. The molecular formula is C14H24N2OS. The smallest absolute Gasteiger partial charge is 0.0639 e. The van der Waals surface area contributed by atoms with Crippen LogP contribution in [-0.4, -0.2) is 42.3 Å². The lowest BCUT2D eigenvalue weighted by atomic mass is 9.96. The van der Waals surface area contributed by atoms with Crippen LogP contribution in [0.2, 0.25) is 0 Å². The van der Waals surface area contributed by atoms with Gasteiger partial charge in [0.15, 0.2) is 0 Å². The zero-order valence-corrected chi connectivity index (χ0v) is 12.0. The van der Waals surface area contributed by atoms with Crippen molar-refractivity contribution in [2.45, 2.75) is 32.4 Å². The van der Waals surface area contributed by atoms with Crippen molar-refractivity contribution in [3.63, 3.8) is 0 Å². The van der Waals surface area contributed by atoms with E-state index < -0.39 is 0 Å². The van der Waals surface area contributed by atoms with Gasteiger partial charge in [-0.3, -0.25) is 0 Å². The maximum absolute atomic E-state index is 9.36. The van der Waals surface area contributed by atoms with Gasteiger partial charge in [-0.1, -0.05) is 6.07 Å². The van der Waals surface area contributed by atoms with Gasteiger partial charge in [-0.05, 0) is 56.8 Å². The number of nitrogens with one attached hydrogen (secondary N) is 1. The van der Waals surface area contributed by atoms with Gasteiger partial charge in [-0.2, -0.15) is 0 Å². The molecule has 1 aromatic heterocycles. The highest BCUT2D eigenvalue weighted by Gasteiger charge is 2.19. The largest absolute Gasteiger partial charge is 0.392 e. The fraction of sp³-hybridized carbons (Fsp3) is 0.714. The molecule has 0 aromatic carbocycles. The summed E-state index contributed by atoms with van der Waals surface area (Å²) in [5, 5.41) is 15.1. The summed E-state index contributed by atoms with van der Waals surface area (Å²) in [4.78, 5) is 3.79. The predicted molar refractivity (Wildman–Crippen MR) is 76.9 cm³/mol. The van der Waals surface area contributed by atoms with Crippen LogP contribution in [0.15, 0.2) is 17.5 Å². The van der Waals surface area contributed by atoms with Gasteiger partial charge < -0.3 is 15.3 Å². The van der Waals surface area contributed by atoms with Crippen LogP contribution in [0.25, 0.3) is 0 Å². The van der Waals surface area contributed by atoms with Gasteiger partial charge in [0.2, 0.25) is 0 Å². The zero-order chi connectivity index (χ0) is 12.8. The second-order valence-electron chi connectivity index (χ2n) is 5.30. The number of nitrogens with zero attached hydrogens (tertiary/aromatic N) is 1. The molecule has 0 saturated carbocycles. The molecule has 102 valence electrons. The van der Waals surface area contributed by atoms with Gasteiger partial charge in [0.1, 0.15) is 0 Å². The van der Waals surface area contributed by atoms with E-state index >= 15 is 0 Å². The highest BCUT2D eigenvalue weighted by molar-refractivity contribution is 7.09. The van der Waals surface area contributed by atoms with Crippen LogP contribution in [0, 0.1) is 5.92 Å². The number of hydrogen-bond acceptors (Lipinski definition) is 4. The van der Waals surface area contributed by atoms with Crippen molar-refractivity contribution in [2.24, 2.45) is 5.92 Å². The zero-order valence-electron chi connectivity index (χ0n) is 11.1. The molecule has 18 heavy (non-hydrogen) atoms. The first kappa shape index (κ1) is 14.0. The third kappa shape index (κ3) is 4.69. The van der Waals surface area contributed by atoms with Crippen LogP contribution in [0.3, 0.4) is 0 Å². The minimum Gasteiger partial charge on any atom is -0.392 e. The molecule has 3 nitrogen and oxygen atoms in total. The lowest BCUT2D eigenvalue weighted by Gasteiger charge is -2.32. The molecule has 1 fully saturated rings. The van der Waals surface area contributed by atoms with E-state index in [1.54, 1.807) is 0 Å². The number of thiophene rings is 1. The summed E-state index contributed by atoms with van der Waals surface area (Å²) in [6.07, 6.45) is 2.31. The Balaban J connectivity index is 1.59. The number of hydrogen-bond donors (Lipinski definition) is 2. The first-order valence-corrected chi connectivity index (χ1v) is 7.75. The Hall–Kier alpha value is -0.420. The molecule has 1 aliphatic rings. The summed E-state index contributed by atoms with van der Waals surface area (Å²) in [5.74, 6) is 0.801. The van der Waals surface area contributed by atoms with Crippen molar-refractivity contribution in [1.29, 1.82) is 0 Å². The van der Waals surface area contributed by atoms with Gasteiger partial charge >= 0.3 is 0 Å². The highest BCUT2D eigenvalue weighted by atomic mass is 32.1. The fourth-order valence-corrected chi connectivity index (χ4v) is 3.23. The Bertz CT molecular complexity index is 319. The van der Waals surface area contributed by atoms with E-state index in [2.05, 4.69) is 27.7 Å². The second kappa shape index (κ2) is 7.24. The van der Waals surface area contributed by atoms with E-state index in [1.165, 1.54) is 17.7 Å². The molecule has 4 heteroatoms. The van der Waals surface area contributed by atoms with E-state index in [4.69, 9.17) is 0 Å². The molecule has 1 aliphatic heterocycles. The van der Waals surface area contributed by atoms with Crippen LogP contribution >= 0.6 is 11.3 Å². The van der Waals surface area contributed by atoms with Gasteiger partial charge in [0, 0.05) is 18.0 Å². The molecule has 2 rings (SSSR count). The van der Waals surface area contributed by atoms with Gasteiger partial charge in [0.05, 0.1) is 6.10 Å². The lowest BCUT2D eigenvalue weighted by molar-refractivity contribution is 0.0998. The Morgan fingerprint density at radius 1 is 1.50 bits per heavy atom. The van der Waals surface area contributed by atoms with Crippen molar-refractivity contribution in [2.75, 3.05) is 26.2 Å². The molecule has 0 spiro atoms. The third-order valence-electron chi connectivity index (χ3n) is 3.54. The summed E-state index contributed by atoms with van der Waals surface area (Å²) < 4.78 is 0. The third-order valence-corrected chi connectivity index (χ3v) is 4.42. The second-order valence-corrected chi connectivity index (χ2v) is 6.34. The predicted octanol–water partition coefficient (Wildman–Crippen LogP) is 1.93. The molecule has 0 bridgehead atoms. The lowest BCUT2D eigenvalue weighted by Crippen LogP contribution is -2.40. The number of β-amino-alcohol motifs (C(OH)–C–C–N with tert-alkyl or cyclic N) is 1. The van der Waals surface area contributed by atoms with Crippen LogP contribution < -0.4 is 5.32 Å². The number of piperidine rings is 1. The van der Waals surface area contributed by atoms with Crippen molar-refractivity contribution >= 4 is 11.3 Å². The summed E-state index contributed by atoms with van der Waals surface area (Å²) >= 11 is 1.82. The molecule has 0 amide bonds. The molecule has 1 atom stereocenters. The quantitative estimate of drug-likeness (QED) is 0.827. The molecule has 2 N–H and O–H groups in total. The van der Waals surface area contributed by atoms with Crippen LogP contribution in [0.4, 0.5) is 0 Å². The minimum absolute atomic E-state index is 0.196. The Morgan fingerprint density at radius 2 is 2.28 bits per heavy atom. The SMILES string of the molecule is C[C@@H](O)CN1CCC(CNCc2cccs2)CC1. The average molecular weight is 268 g/mol. The summed E-state index contributed by atoms with van der Waals surface area (Å²) in [7, 11) is 0. The number of likely N-dealkylation sites (tertiary alicyclic amines) is 1. The molecule has 1 saturated heterocycles. The van der Waals surface area contributed by atoms with Crippen molar-refractivity contribution in [1.82, 2.24) is 10.2 Å². The standard InChI is InChI=1S/C14H24N2OS/c1-12(17)11-16-6-4-13(5-7-16)9-15-10-14-3-2-8-18-14/h2-3,8,12-13,15,17H,4-7,9-11H2,1H3/t12-/m1/s1. The number of rotatable bonds is 6. The van der Waals surface area contributed by atoms with Crippen LogP contribution in [-0.2, 0) is 6.54 Å². The fourth-order valence-electron chi connectivity index (χ4n) is 2.56. The average Bonchev–Trinajstić information content (AvgIpc) is 2.84. The van der Waals surface area contributed by atoms with E-state index in [9.17, 15) is 5.11 Å². The van der Waals surface area contributed by atoms with Crippen molar-refractivity contribution < 1.29 is 5.11 Å². The Morgan fingerprint density at radius 3 is 2.89 bits per heavy atom. The number of aliphatic hydroxyl groups excluding tert-OH is 1. The van der Waals surface area contributed by atoms with Gasteiger partial charge in [-0.15, -0.1) is 11.3 Å². The summed E-state index contributed by atoms with van der Waals surface area (Å²) in [6, 6.07) is 4.29. The van der Waals surface area contributed by atoms with Crippen LogP contribution in [0.5, 0.6) is 0 Å². The molecule has 0 unspecified atom stereocenters. The van der Waals surface area contributed by atoms with Crippen LogP contribution in [0.1, 0.15) is 24.6 Å². The normalized spacial score (nSPS) is 20.1. The first-order chi connectivity index (χ1) is 8.74. The first-order valence-electron chi connectivity index (χ1n) is 6.87. The molecule has 2 heterocycles. The van der Waals surface area contributed by atoms with Crippen molar-refractivity contribution in [3.8, 4) is 0 Å². The highest BCUT2D eigenvalue weighted by Crippen LogP contribution is 2.17. The topological polar surface area (TPSA) is 35.5 Å². The molecule has 0 aliphatic carbocycles. The summed E-state index contributed by atoms with van der Waals surface area (Å²) in [5.41, 5.74) is 0. The van der Waals surface area contributed by atoms with E-state index in [1.807, 2.05) is 18.3 Å². The van der Waals surface area contributed by atoms with E-state index in [0.717, 1.165) is 38.6 Å². The summed E-state index contributed by atoms with van der Waals surface area (Å²) in [6.45, 7) is 7.10. The van der Waals surface area contributed by atoms with Gasteiger partial charge in [-0.25, -0.2) is 0 Å². The molecule has 0 radical (unpaired) electrons. The molecule has 1 aromatic rings.